The molecule has 25 heavy (non-hydrogen) atoms. The van der Waals surface area contributed by atoms with Crippen LogP contribution in [0, 0.1) is 0 Å². The summed E-state index contributed by atoms with van der Waals surface area (Å²) >= 11 is 0. The average Bonchev–Trinajstić information content (AvgIpc) is 2.86. The molecule has 0 unspecified atom stereocenters. The first-order chi connectivity index (χ1) is 12.0. The van der Waals surface area contributed by atoms with Crippen LogP contribution >= 0.6 is 0 Å². The highest BCUT2D eigenvalue weighted by molar-refractivity contribution is 7.89. The maximum Gasteiger partial charge on any atom is 0.409 e. The van der Waals surface area contributed by atoms with E-state index in [1.54, 1.807) is 13.0 Å². The van der Waals surface area contributed by atoms with Gasteiger partial charge in [0.1, 0.15) is 0 Å². The lowest BCUT2D eigenvalue weighted by Crippen LogP contribution is -2.50. The van der Waals surface area contributed by atoms with Crippen LogP contribution in [0.3, 0.4) is 0 Å². The summed E-state index contributed by atoms with van der Waals surface area (Å²) in [5, 5.41) is 0. The molecule has 0 atom stereocenters. The molecule has 3 rings (SSSR count). The second-order valence-electron chi connectivity index (χ2n) is 5.75. The normalized spacial score (nSPS) is 18.5. The van der Waals surface area contributed by atoms with Crippen molar-refractivity contribution in [2.24, 2.45) is 0 Å². The van der Waals surface area contributed by atoms with E-state index in [1.807, 2.05) is 0 Å². The molecule has 138 valence electrons. The monoisotopic (exact) mass is 370 g/mol. The van der Waals surface area contributed by atoms with Crippen molar-refractivity contribution in [3.05, 3.63) is 18.2 Å². The molecule has 0 spiro atoms. The number of carbonyl (C=O) groups is 1. The number of carbonyl (C=O) groups excluding carboxylic acids is 1. The van der Waals surface area contributed by atoms with Gasteiger partial charge in [0, 0.05) is 38.7 Å². The molecule has 9 heteroatoms. The molecular formula is C16H22N2O6S. The van der Waals surface area contributed by atoms with E-state index in [4.69, 9.17) is 14.2 Å². The van der Waals surface area contributed by atoms with Crippen molar-refractivity contribution in [3.63, 3.8) is 0 Å². The van der Waals surface area contributed by atoms with Crippen molar-refractivity contribution < 1.29 is 27.4 Å². The van der Waals surface area contributed by atoms with E-state index in [0.29, 0.717) is 44.4 Å². The predicted molar refractivity (Wildman–Crippen MR) is 89.4 cm³/mol. The highest BCUT2D eigenvalue weighted by Gasteiger charge is 2.31. The van der Waals surface area contributed by atoms with E-state index in [2.05, 4.69) is 0 Å². The molecule has 0 bridgehead atoms. The number of fused-ring (bicyclic) bond motifs is 1. The molecule has 2 heterocycles. The van der Waals surface area contributed by atoms with Crippen molar-refractivity contribution in [1.82, 2.24) is 9.21 Å². The molecule has 1 aromatic rings. The van der Waals surface area contributed by atoms with Crippen LogP contribution in [-0.4, -0.2) is 69.7 Å². The number of benzene rings is 1. The van der Waals surface area contributed by atoms with Gasteiger partial charge in [-0.15, -0.1) is 0 Å². The van der Waals surface area contributed by atoms with Crippen LogP contribution in [0.1, 0.15) is 13.3 Å². The van der Waals surface area contributed by atoms with Crippen LogP contribution in [0.2, 0.25) is 0 Å². The summed E-state index contributed by atoms with van der Waals surface area (Å²) in [6, 6.07) is 4.66. The number of sulfonamides is 1. The van der Waals surface area contributed by atoms with Gasteiger partial charge < -0.3 is 19.1 Å². The first-order valence-corrected chi connectivity index (χ1v) is 9.78. The Hall–Kier alpha value is -2.00. The van der Waals surface area contributed by atoms with Gasteiger partial charge in [0.05, 0.1) is 24.7 Å². The average molecular weight is 370 g/mol. The van der Waals surface area contributed by atoms with E-state index in [1.165, 1.54) is 21.3 Å². The summed E-state index contributed by atoms with van der Waals surface area (Å²) in [4.78, 5) is 13.4. The highest BCUT2D eigenvalue weighted by Crippen LogP contribution is 2.33. The summed E-state index contributed by atoms with van der Waals surface area (Å²) in [5.41, 5.74) is 0. The fourth-order valence-electron chi connectivity index (χ4n) is 2.78. The fraction of sp³-hybridized carbons (Fsp3) is 0.562. The number of nitrogens with zero attached hydrogens (tertiary/aromatic N) is 2. The van der Waals surface area contributed by atoms with Crippen molar-refractivity contribution >= 4 is 16.1 Å². The van der Waals surface area contributed by atoms with Gasteiger partial charge in [0.2, 0.25) is 10.0 Å². The molecule has 1 amide bonds. The second-order valence-corrected chi connectivity index (χ2v) is 7.69. The number of hydrogen-bond acceptors (Lipinski definition) is 6. The number of amides is 1. The zero-order valence-corrected chi connectivity index (χ0v) is 15.0. The van der Waals surface area contributed by atoms with Gasteiger partial charge >= 0.3 is 6.09 Å². The Morgan fingerprint density at radius 3 is 2.48 bits per heavy atom. The fourth-order valence-corrected chi connectivity index (χ4v) is 4.22. The smallest absolute Gasteiger partial charge is 0.409 e. The summed E-state index contributed by atoms with van der Waals surface area (Å²) in [7, 11) is -3.65. The molecule has 0 radical (unpaired) electrons. The molecule has 0 aliphatic carbocycles. The lowest BCUT2D eigenvalue weighted by molar-refractivity contribution is 0.0934. The SMILES string of the molecule is CCOC(=O)N1CCN(S(=O)(=O)c2ccc3c(c2)OCCCO3)CC1. The predicted octanol–water partition coefficient (Wildman–Crippen LogP) is 1.31. The maximum atomic E-state index is 12.9. The first kappa shape index (κ1) is 17.8. The molecule has 0 aromatic heterocycles. The lowest BCUT2D eigenvalue weighted by Gasteiger charge is -2.33. The summed E-state index contributed by atoms with van der Waals surface area (Å²) in [6.07, 6.45) is 0.349. The van der Waals surface area contributed by atoms with Crippen LogP contribution in [-0.2, 0) is 14.8 Å². The summed E-state index contributed by atoms with van der Waals surface area (Å²) in [6.45, 7) is 4.16. The molecule has 1 aromatic carbocycles. The van der Waals surface area contributed by atoms with Crippen LogP contribution in [0.15, 0.2) is 23.1 Å². The third-order valence-electron chi connectivity index (χ3n) is 4.12. The Morgan fingerprint density at radius 1 is 1.12 bits per heavy atom. The third-order valence-corrected chi connectivity index (χ3v) is 6.02. The van der Waals surface area contributed by atoms with E-state index >= 15 is 0 Å². The third kappa shape index (κ3) is 3.82. The van der Waals surface area contributed by atoms with Crippen LogP contribution in [0.5, 0.6) is 11.5 Å². The van der Waals surface area contributed by atoms with Gasteiger partial charge in [-0.3, -0.25) is 0 Å². The Labute approximate surface area is 147 Å². The highest BCUT2D eigenvalue weighted by atomic mass is 32.2. The van der Waals surface area contributed by atoms with Crippen molar-refractivity contribution in [2.45, 2.75) is 18.2 Å². The number of rotatable bonds is 3. The second kappa shape index (κ2) is 7.49. The van der Waals surface area contributed by atoms with E-state index in [0.717, 1.165) is 6.42 Å². The van der Waals surface area contributed by atoms with Crippen molar-refractivity contribution in [1.29, 1.82) is 0 Å². The zero-order chi connectivity index (χ0) is 17.9. The van der Waals surface area contributed by atoms with Gasteiger partial charge in [-0.25, -0.2) is 13.2 Å². The minimum atomic E-state index is -3.65. The minimum Gasteiger partial charge on any atom is -0.490 e. The lowest BCUT2D eigenvalue weighted by atomic mass is 10.3. The molecule has 1 saturated heterocycles. The summed E-state index contributed by atoms with van der Waals surface area (Å²) in [5.74, 6) is 1.01. The zero-order valence-electron chi connectivity index (χ0n) is 14.1. The largest absolute Gasteiger partial charge is 0.490 e. The Bertz CT molecular complexity index is 728. The molecule has 1 fully saturated rings. The van der Waals surface area contributed by atoms with Gasteiger partial charge in [-0.1, -0.05) is 0 Å². The number of piperazine rings is 1. The molecular weight excluding hydrogens is 348 g/mol. The van der Waals surface area contributed by atoms with Crippen LogP contribution in [0.4, 0.5) is 4.79 Å². The topological polar surface area (TPSA) is 85.4 Å². The Balaban J connectivity index is 1.72. The van der Waals surface area contributed by atoms with E-state index < -0.39 is 16.1 Å². The van der Waals surface area contributed by atoms with Crippen molar-refractivity contribution in [2.75, 3.05) is 46.0 Å². The molecule has 2 aliphatic heterocycles. The van der Waals surface area contributed by atoms with E-state index in [-0.39, 0.29) is 18.0 Å². The maximum absolute atomic E-state index is 12.9. The van der Waals surface area contributed by atoms with Crippen LogP contribution in [0.25, 0.3) is 0 Å². The first-order valence-electron chi connectivity index (χ1n) is 8.34. The minimum absolute atomic E-state index is 0.168. The van der Waals surface area contributed by atoms with Gasteiger partial charge in [0.15, 0.2) is 11.5 Å². The van der Waals surface area contributed by atoms with Crippen LogP contribution < -0.4 is 9.47 Å². The van der Waals surface area contributed by atoms with Gasteiger partial charge in [0.25, 0.3) is 0 Å². The number of hydrogen-bond donors (Lipinski definition) is 0. The molecule has 2 aliphatic rings. The number of ether oxygens (including phenoxy) is 3. The van der Waals surface area contributed by atoms with Crippen molar-refractivity contribution in [3.8, 4) is 11.5 Å². The molecule has 0 N–H and O–H groups in total. The standard InChI is InChI=1S/C16H22N2O6S/c1-2-22-16(19)17-6-8-18(9-7-17)25(20,21)13-4-5-14-15(12-13)24-11-3-10-23-14/h4-5,12H,2-3,6-11H2,1H3. The quantitative estimate of drug-likeness (QED) is 0.798. The summed E-state index contributed by atoms with van der Waals surface area (Å²) < 4.78 is 43.1. The van der Waals surface area contributed by atoms with Gasteiger partial charge in [-0.05, 0) is 19.1 Å². The van der Waals surface area contributed by atoms with E-state index in [9.17, 15) is 13.2 Å². The van der Waals surface area contributed by atoms with Gasteiger partial charge in [-0.2, -0.15) is 4.31 Å². The molecule has 8 nitrogen and oxygen atoms in total. The Morgan fingerprint density at radius 2 is 1.80 bits per heavy atom. The Kier molecular flexibility index (Phi) is 5.33. The molecule has 0 saturated carbocycles.